The molecule has 0 aliphatic rings. The van der Waals surface area contributed by atoms with E-state index < -0.39 is 85.8 Å². The second-order valence-corrected chi connectivity index (χ2v) is 13.4. The molecule has 0 unspecified atom stereocenters. The summed E-state index contributed by atoms with van der Waals surface area (Å²) in [5, 5.41) is 0. The van der Waals surface area contributed by atoms with E-state index in [0.29, 0.717) is 29.1 Å². The van der Waals surface area contributed by atoms with Gasteiger partial charge in [-0.3, -0.25) is 0 Å². The first kappa shape index (κ1) is 55.5. The van der Waals surface area contributed by atoms with Crippen molar-refractivity contribution < 1.29 is 120 Å². The third-order valence-electron chi connectivity index (χ3n) is 8.49. The molecule has 0 fully saturated rings. The Morgan fingerprint density at radius 2 is 0.968 bits per heavy atom. The van der Waals surface area contributed by atoms with E-state index in [0.717, 1.165) is 43.3 Å². The summed E-state index contributed by atoms with van der Waals surface area (Å²) in [4.78, 5) is 8.29. The lowest BCUT2D eigenvalue weighted by molar-refractivity contribution is -0.558. The lowest BCUT2D eigenvalue weighted by Crippen LogP contribution is -2.70. The van der Waals surface area contributed by atoms with Crippen LogP contribution < -0.4 is 4.74 Å². The highest BCUT2D eigenvalue weighted by Crippen LogP contribution is 2.60. The molecule has 0 spiro atoms. The second kappa shape index (κ2) is 19.9. The van der Waals surface area contributed by atoms with Crippen molar-refractivity contribution in [2.24, 2.45) is 0 Å². The van der Waals surface area contributed by atoms with Crippen LogP contribution in [0.2, 0.25) is 0 Å². The Bertz CT molecular complexity index is 1740. The van der Waals surface area contributed by atoms with E-state index in [1.54, 1.807) is 24.3 Å². The minimum absolute atomic E-state index is 0.170. The summed E-state index contributed by atoms with van der Waals surface area (Å²) >= 11 is 0. The predicted molar refractivity (Wildman–Crippen MR) is 168 cm³/mol. The molecule has 0 radical (unpaired) electrons. The van der Waals surface area contributed by atoms with Crippen LogP contribution in [0.15, 0.2) is 36.7 Å². The smallest absolute Gasteiger partial charge is 0.460 e. The number of halogens is 23. The van der Waals surface area contributed by atoms with Gasteiger partial charge in [0.05, 0.1) is 6.61 Å². The van der Waals surface area contributed by atoms with Crippen molar-refractivity contribution in [3.05, 3.63) is 42.2 Å². The molecule has 6 nitrogen and oxygen atoms in total. The minimum atomic E-state index is -8.57. The first-order valence-electron chi connectivity index (χ1n) is 17.8. The van der Waals surface area contributed by atoms with Crippen molar-refractivity contribution in [2.75, 3.05) is 19.8 Å². The largest absolute Gasteiger partial charge is 0.493 e. The molecule has 0 N–H and O–H groups in total. The van der Waals surface area contributed by atoms with Crippen molar-refractivity contribution >= 4 is 0 Å². The van der Waals surface area contributed by atoms with Gasteiger partial charge < -0.3 is 9.47 Å². The molecule has 0 saturated carbocycles. The van der Waals surface area contributed by atoms with Gasteiger partial charge in [0.25, 0.3) is 0 Å². The van der Waals surface area contributed by atoms with Crippen molar-refractivity contribution in [1.82, 2.24) is 9.97 Å². The van der Waals surface area contributed by atoms with E-state index in [-0.39, 0.29) is 13.0 Å². The zero-order valence-electron chi connectivity index (χ0n) is 31.7. The zero-order valence-corrected chi connectivity index (χ0v) is 31.7. The van der Waals surface area contributed by atoms with Gasteiger partial charge in [0.2, 0.25) is 0 Å². The van der Waals surface area contributed by atoms with Gasteiger partial charge in [0.1, 0.15) is 12.4 Å². The normalized spacial score (nSPS) is 14.7. The van der Waals surface area contributed by atoms with Crippen molar-refractivity contribution in [3.8, 4) is 17.1 Å². The van der Waals surface area contributed by atoms with Gasteiger partial charge in [-0.2, -0.15) is 101 Å². The average molecular weight is 971 g/mol. The van der Waals surface area contributed by atoms with Crippen LogP contribution in [-0.2, 0) is 20.6 Å². The monoisotopic (exact) mass is 970 g/mol. The third-order valence-corrected chi connectivity index (χ3v) is 8.49. The summed E-state index contributed by atoms with van der Waals surface area (Å²) < 4.78 is 323. The van der Waals surface area contributed by atoms with E-state index >= 15 is 0 Å². The van der Waals surface area contributed by atoms with Gasteiger partial charge in [-0.25, -0.2) is 19.4 Å². The number of rotatable bonds is 27. The van der Waals surface area contributed by atoms with Crippen LogP contribution in [0.4, 0.5) is 101 Å². The molecular formula is C34H33F23N2O4. The lowest BCUT2D eigenvalue weighted by Gasteiger charge is -2.40. The molecule has 0 aliphatic heterocycles. The fraction of sp³-hybridized carbons (Fsp3) is 0.706. The fourth-order valence-corrected chi connectivity index (χ4v) is 4.92. The molecule has 1 aromatic carbocycles. The summed E-state index contributed by atoms with van der Waals surface area (Å²) in [5.41, 5.74) is 1.30. The molecular weight excluding hydrogens is 937 g/mol. The van der Waals surface area contributed by atoms with Crippen LogP contribution in [0.25, 0.3) is 11.4 Å². The van der Waals surface area contributed by atoms with Gasteiger partial charge in [-0.1, -0.05) is 39.0 Å². The number of ether oxygens (including phenoxy) is 4. The standard InChI is InChI=1S/C34H33F23N2O4/c1-2-3-4-5-6-7-11-20-18-21(23-58-14-10-15-59-23)12-13-22(20)61-17-9-8-16-60-19-24(35,36)25(37,38)26(39,40)28(43,44)31(50,51)62-33(54,55)34(56,57)63-32(52,53)29(45,46)27(41,42)30(47,48)49/h10,12-15,18H,2-9,11,16-17,19H2,1H3. The van der Waals surface area contributed by atoms with Crippen LogP contribution in [0, 0.1) is 0 Å². The Balaban J connectivity index is 2.11. The van der Waals surface area contributed by atoms with Gasteiger partial charge in [-0.05, 0) is 55.5 Å². The number of unbranched alkanes of at least 4 members (excludes halogenated alkanes) is 6. The molecule has 2 rings (SSSR count). The SMILES string of the molecule is CCCCCCCCc1cc(-c2ncccn2)ccc1OCCCCOCC(F)(F)C(F)(F)C(F)(F)C(F)(F)C(F)(F)OC(F)(F)C(F)(F)OC(F)(F)C(F)(F)C(F)(F)C(F)(F)F. The topological polar surface area (TPSA) is 62.7 Å². The number of hydrogen-bond donors (Lipinski definition) is 0. The van der Waals surface area contributed by atoms with Gasteiger partial charge in [0.15, 0.2) is 5.82 Å². The quantitative estimate of drug-likeness (QED) is 0.0657. The van der Waals surface area contributed by atoms with E-state index in [1.807, 2.05) is 6.92 Å². The number of benzene rings is 1. The van der Waals surface area contributed by atoms with Crippen LogP contribution in [0.3, 0.4) is 0 Å². The molecule has 0 bridgehead atoms. The molecule has 0 atom stereocenters. The Kier molecular flexibility index (Phi) is 17.5. The first-order chi connectivity index (χ1) is 28.4. The summed E-state index contributed by atoms with van der Waals surface area (Å²) in [6, 6.07) is 6.46. The minimum Gasteiger partial charge on any atom is -0.493 e. The highest BCUT2D eigenvalue weighted by Gasteiger charge is 2.89. The highest BCUT2D eigenvalue weighted by molar-refractivity contribution is 5.58. The Hall–Kier alpha value is -3.63. The molecule has 0 aliphatic carbocycles. The molecule has 2 aromatic rings. The zero-order chi connectivity index (χ0) is 48.8. The van der Waals surface area contributed by atoms with Crippen LogP contribution in [0.5, 0.6) is 5.75 Å². The van der Waals surface area contributed by atoms with Crippen LogP contribution in [-0.4, -0.2) is 95.9 Å². The van der Waals surface area contributed by atoms with Gasteiger partial charge in [-0.15, -0.1) is 0 Å². The maximum Gasteiger partial charge on any atom is 0.460 e. The first-order valence-corrected chi connectivity index (χ1v) is 17.8. The predicted octanol–water partition coefficient (Wildman–Crippen LogP) is 13.0. The third kappa shape index (κ3) is 12.0. The fourth-order valence-electron chi connectivity index (χ4n) is 4.92. The Morgan fingerprint density at radius 1 is 0.492 bits per heavy atom. The van der Waals surface area contributed by atoms with Crippen molar-refractivity contribution in [2.45, 2.75) is 131 Å². The number of aryl methyl sites for hydroxylation is 1. The van der Waals surface area contributed by atoms with E-state index in [2.05, 4.69) is 14.7 Å². The molecule has 1 heterocycles. The molecule has 29 heteroatoms. The maximum absolute atomic E-state index is 14.2. The summed E-state index contributed by atoms with van der Waals surface area (Å²) in [5.74, 6) is -47.4. The van der Waals surface area contributed by atoms with E-state index in [9.17, 15) is 101 Å². The molecule has 0 saturated heterocycles. The molecule has 1 aromatic heterocycles. The van der Waals surface area contributed by atoms with E-state index in [4.69, 9.17) is 4.74 Å². The van der Waals surface area contributed by atoms with Crippen molar-refractivity contribution in [3.63, 3.8) is 0 Å². The number of hydrogen-bond acceptors (Lipinski definition) is 6. The van der Waals surface area contributed by atoms with Gasteiger partial charge >= 0.3 is 66.1 Å². The lowest BCUT2D eigenvalue weighted by atomic mass is 9.98. The van der Waals surface area contributed by atoms with Crippen LogP contribution >= 0.6 is 0 Å². The average Bonchev–Trinajstić information content (AvgIpc) is 3.14. The van der Waals surface area contributed by atoms with Crippen molar-refractivity contribution in [1.29, 1.82) is 0 Å². The highest BCUT2D eigenvalue weighted by atomic mass is 19.4. The molecule has 0 amide bonds. The molecule has 364 valence electrons. The summed E-state index contributed by atoms with van der Waals surface area (Å²) in [7, 11) is 0. The number of nitrogens with zero attached hydrogens (tertiary/aromatic N) is 2. The van der Waals surface area contributed by atoms with Gasteiger partial charge in [0, 0.05) is 24.6 Å². The Morgan fingerprint density at radius 3 is 1.48 bits per heavy atom. The number of alkyl halides is 23. The maximum atomic E-state index is 14.2. The summed E-state index contributed by atoms with van der Waals surface area (Å²) in [6.45, 7) is -2.33. The summed E-state index contributed by atoms with van der Waals surface area (Å²) in [6.07, 6.45) is -32.5. The second-order valence-electron chi connectivity index (χ2n) is 13.4. The van der Waals surface area contributed by atoms with E-state index in [1.165, 1.54) is 17.1 Å². The Labute approximate surface area is 340 Å². The number of aromatic nitrogens is 2. The molecule has 63 heavy (non-hydrogen) atoms. The van der Waals surface area contributed by atoms with Crippen LogP contribution in [0.1, 0.15) is 63.9 Å².